The largest absolute Gasteiger partial charge is 0.503 e. The summed E-state index contributed by atoms with van der Waals surface area (Å²) < 4.78 is 1.34. The molecular formula is C21H16N4O3. The zero-order chi connectivity index (χ0) is 19.7. The van der Waals surface area contributed by atoms with Crippen LogP contribution in [0.2, 0.25) is 0 Å². The molecule has 2 heterocycles. The van der Waals surface area contributed by atoms with Crippen molar-refractivity contribution in [3.63, 3.8) is 0 Å². The first-order chi connectivity index (χ1) is 13.6. The van der Waals surface area contributed by atoms with Gasteiger partial charge in [0.15, 0.2) is 11.4 Å². The first-order valence-electron chi connectivity index (χ1n) is 8.57. The van der Waals surface area contributed by atoms with Crippen molar-refractivity contribution in [3.8, 4) is 22.6 Å². The van der Waals surface area contributed by atoms with Crippen LogP contribution < -0.4 is 10.7 Å². The van der Waals surface area contributed by atoms with E-state index in [1.54, 1.807) is 18.5 Å². The lowest BCUT2D eigenvalue weighted by Crippen LogP contribution is -2.29. The van der Waals surface area contributed by atoms with Crippen LogP contribution in [0.3, 0.4) is 0 Å². The number of hydrogen-bond donors (Lipinski definition) is 2. The van der Waals surface area contributed by atoms with E-state index < -0.39 is 17.1 Å². The van der Waals surface area contributed by atoms with Crippen LogP contribution in [-0.2, 0) is 0 Å². The molecule has 2 aromatic carbocycles. The van der Waals surface area contributed by atoms with Gasteiger partial charge in [0.1, 0.15) is 0 Å². The molecule has 0 aliphatic heterocycles. The van der Waals surface area contributed by atoms with E-state index in [4.69, 9.17) is 0 Å². The summed E-state index contributed by atoms with van der Waals surface area (Å²) in [6.07, 6.45) is 4.73. The minimum absolute atomic E-state index is 0.375. The van der Waals surface area contributed by atoms with Gasteiger partial charge in [-0.2, -0.15) is 5.10 Å². The van der Waals surface area contributed by atoms with E-state index >= 15 is 0 Å². The molecule has 28 heavy (non-hydrogen) atoms. The van der Waals surface area contributed by atoms with Crippen molar-refractivity contribution in [2.45, 2.75) is 0 Å². The van der Waals surface area contributed by atoms with Crippen LogP contribution in [0.25, 0.3) is 27.6 Å². The Morgan fingerprint density at radius 1 is 1.11 bits per heavy atom. The number of fused-ring (bicyclic) bond motifs is 1. The van der Waals surface area contributed by atoms with E-state index in [1.165, 1.54) is 17.9 Å². The number of nitrogens with one attached hydrogen (secondary N) is 1. The van der Waals surface area contributed by atoms with E-state index in [2.05, 4.69) is 15.4 Å². The molecular weight excluding hydrogens is 356 g/mol. The molecule has 138 valence electrons. The summed E-state index contributed by atoms with van der Waals surface area (Å²) in [6, 6.07) is 15.3. The van der Waals surface area contributed by atoms with Crippen molar-refractivity contribution in [1.29, 1.82) is 0 Å². The molecule has 0 bridgehead atoms. The highest BCUT2D eigenvalue weighted by atomic mass is 16.3. The third-order valence-corrected chi connectivity index (χ3v) is 4.44. The molecule has 0 saturated carbocycles. The fourth-order valence-corrected chi connectivity index (χ4v) is 3.04. The van der Waals surface area contributed by atoms with Crippen LogP contribution in [0.1, 0.15) is 10.5 Å². The van der Waals surface area contributed by atoms with Gasteiger partial charge in [0.2, 0.25) is 0 Å². The monoisotopic (exact) mass is 372 g/mol. The Morgan fingerprint density at radius 2 is 1.93 bits per heavy atom. The minimum Gasteiger partial charge on any atom is -0.503 e. The summed E-state index contributed by atoms with van der Waals surface area (Å²) in [5.74, 6) is -1.21. The lowest BCUT2D eigenvalue weighted by molar-refractivity contribution is 0.0954. The topological polar surface area (TPSA) is 97.1 Å². The second kappa shape index (κ2) is 6.96. The van der Waals surface area contributed by atoms with Gasteiger partial charge in [-0.25, -0.2) is 4.68 Å². The number of benzene rings is 2. The molecule has 0 aliphatic rings. The van der Waals surface area contributed by atoms with Gasteiger partial charge in [-0.05, 0) is 29.1 Å². The number of aromatic hydroxyl groups is 1. The fourth-order valence-electron chi connectivity index (χ4n) is 3.04. The van der Waals surface area contributed by atoms with Gasteiger partial charge in [-0.3, -0.25) is 14.6 Å². The molecule has 4 aromatic rings. The molecule has 0 unspecified atom stereocenters. The molecule has 7 nitrogen and oxygen atoms in total. The molecule has 0 aliphatic carbocycles. The van der Waals surface area contributed by atoms with Crippen LogP contribution in [0, 0.1) is 0 Å². The maximum atomic E-state index is 12.1. The van der Waals surface area contributed by atoms with Gasteiger partial charge < -0.3 is 10.4 Å². The van der Waals surface area contributed by atoms with Crippen molar-refractivity contribution in [3.05, 3.63) is 83.0 Å². The number of carbonyl (C=O) groups is 1. The molecule has 4 rings (SSSR count). The number of aromatic nitrogens is 3. The van der Waals surface area contributed by atoms with E-state index in [1.807, 2.05) is 42.5 Å². The summed E-state index contributed by atoms with van der Waals surface area (Å²) in [7, 11) is 1.40. The second-order valence-electron chi connectivity index (χ2n) is 6.17. The summed E-state index contributed by atoms with van der Waals surface area (Å²) in [5, 5.41) is 18.6. The average molecular weight is 372 g/mol. The van der Waals surface area contributed by atoms with E-state index in [9.17, 15) is 14.7 Å². The molecule has 0 saturated heterocycles. The van der Waals surface area contributed by atoms with Crippen LogP contribution in [0.5, 0.6) is 5.75 Å². The maximum absolute atomic E-state index is 12.1. The van der Waals surface area contributed by atoms with Gasteiger partial charge in [0, 0.05) is 30.4 Å². The maximum Gasteiger partial charge on any atom is 0.275 e. The van der Waals surface area contributed by atoms with Gasteiger partial charge in [0.05, 0.1) is 11.9 Å². The van der Waals surface area contributed by atoms with Crippen molar-refractivity contribution in [1.82, 2.24) is 20.1 Å². The zero-order valence-corrected chi connectivity index (χ0v) is 15.0. The second-order valence-corrected chi connectivity index (χ2v) is 6.17. The predicted molar refractivity (Wildman–Crippen MR) is 106 cm³/mol. The number of pyridine rings is 1. The highest BCUT2D eigenvalue weighted by Crippen LogP contribution is 2.29. The van der Waals surface area contributed by atoms with Gasteiger partial charge in [-0.15, -0.1) is 0 Å². The van der Waals surface area contributed by atoms with E-state index in [0.29, 0.717) is 5.69 Å². The van der Waals surface area contributed by atoms with Crippen molar-refractivity contribution < 1.29 is 9.90 Å². The summed E-state index contributed by atoms with van der Waals surface area (Å²) >= 11 is 0. The van der Waals surface area contributed by atoms with E-state index in [0.717, 1.165) is 21.9 Å². The summed E-state index contributed by atoms with van der Waals surface area (Å²) in [4.78, 5) is 28.2. The zero-order valence-electron chi connectivity index (χ0n) is 15.0. The predicted octanol–water partition coefficient (Wildman–Crippen LogP) is 2.51. The number of hydrogen-bond acceptors (Lipinski definition) is 5. The number of amides is 1. The Labute approximate surface area is 159 Å². The Morgan fingerprint density at radius 3 is 2.75 bits per heavy atom. The van der Waals surface area contributed by atoms with E-state index in [-0.39, 0.29) is 5.69 Å². The number of para-hydroxylation sites is 1. The van der Waals surface area contributed by atoms with Gasteiger partial charge in [0.25, 0.3) is 11.3 Å². The molecule has 2 aromatic heterocycles. The first kappa shape index (κ1) is 17.4. The standard InChI is InChI=1S/C21H16N4O3/c1-22-21(28)19-20(27)18(26)12-25(24-19)17-5-3-2-4-16(17)14-7-6-13-8-9-23-11-15(13)10-14/h2-12,26H,1H3,(H,22,28). The lowest BCUT2D eigenvalue weighted by Gasteiger charge is -2.13. The Hall–Kier alpha value is -4.00. The number of rotatable bonds is 3. The highest BCUT2D eigenvalue weighted by Gasteiger charge is 2.17. The van der Waals surface area contributed by atoms with Crippen LogP contribution in [0.15, 0.2) is 71.9 Å². The van der Waals surface area contributed by atoms with Crippen LogP contribution in [0.4, 0.5) is 0 Å². The molecule has 2 N–H and O–H groups in total. The molecule has 0 fully saturated rings. The molecule has 7 heteroatoms. The Kier molecular flexibility index (Phi) is 4.33. The number of carbonyl (C=O) groups excluding carboxylic acids is 1. The lowest BCUT2D eigenvalue weighted by atomic mass is 10.0. The van der Waals surface area contributed by atoms with Crippen molar-refractivity contribution >= 4 is 16.7 Å². The molecule has 0 atom stereocenters. The summed E-state index contributed by atoms with van der Waals surface area (Å²) in [5.41, 5.74) is 1.17. The van der Waals surface area contributed by atoms with Crippen molar-refractivity contribution in [2.75, 3.05) is 7.05 Å². The summed E-state index contributed by atoms with van der Waals surface area (Å²) in [6.45, 7) is 0. The fraction of sp³-hybridized carbons (Fsp3) is 0.0476. The first-order valence-corrected chi connectivity index (χ1v) is 8.57. The third kappa shape index (κ3) is 2.99. The minimum atomic E-state index is -0.815. The quantitative estimate of drug-likeness (QED) is 0.576. The van der Waals surface area contributed by atoms with Gasteiger partial charge in [-0.1, -0.05) is 30.3 Å². The molecule has 0 radical (unpaired) electrons. The Bertz CT molecular complexity index is 1260. The average Bonchev–Trinajstić information content (AvgIpc) is 2.74. The normalized spacial score (nSPS) is 10.8. The third-order valence-electron chi connectivity index (χ3n) is 4.44. The SMILES string of the molecule is CNC(=O)c1nn(-c2ccccc2-c2ccc3ccncc3c2)cc(O)c1=O. The molecule has 1 amide bonds. The van der Waals surface area contributed by atoms with Crippen molar-refractivity contribution in [2.24, 2.45) is 0 Å². The Balaban J connectivity index is 1.92. The number of nitrogens with zero attached hydrogens (tertiary/aromatic N) is 3. The smallest absolute Gasteiger partial charge is 0.275 e. The van der Waals surface area contributed by atoms with Crippen LogP contribution in [-0.4, -0.2) is 32.8 Å². The van der Waals surface area contributed by atoms with Crippen LogP contribution >= 0.6 is 0 Å². The van der Waals surface area contributed by atoms with Gasteiger partial charge >= 0.3 is 0 Å². The molecule has 0 spiro atoms. The highest BCUT2D eigenvalue weighted by molar-refractivity contribution is 5.92.